The standard InChI is InChI=1S/C21H29F3N4O5/c1-10(2)15(17(29)21(22,23)24)26-19(31)14-7-6-8-28(14)20(32)16(11(3)4)27-18(30)13-9-25-33-12(13)5/h9-11,14-16H,6-8H2,1-5H3,(H,26,31)(H,27,30)/t14-,15-,16-/m0/s1. The summed E-state index contributed by atoms with van der Waals surface area (Å²) in [6, 6.07) is -3.79. The summed E-state index contributed by atoms with van der Waals surface area (Å²) in [5.41, 5.74) is 0.162. The van der Waals surface area contributed by atoms with Gasteiger partial charge >= 0.3 is 6.18 Å². The number of nitrogens with zero attached hydrogens (tertiary/aromatic N) is 2. The quantitative estimate of drug-likeness (QED) is 0.595. The summed E-state index contributed by atoms with van der Waals surface area (Å²) < 4.78 is 43.7. The summed E-state index contributed by atoms with van der Waals surface area (Å²) in [5, 5.41) is 8.34. The monoisotopic (exact) mass is 474 g/mol. The van der Waals surface area contributed by atoms with E-state index in [2.05, 4.69) is 15.8 Å². The zero-order valence-electron chi connectivity index (χ0n) is 19.2. The lowest BCUT2D eigenvalue weighted by Gasteiger charge is -2.31. The third kappa shape index (κ3) is 6.11. The van der Waals surface area contributed by atoms with Crippen LogP contribution in [0.25, 0.3) is 0 Å². The number of Topliss-reactive ketones (excluding diaryl/α,β-unsaturated/α-hetero) is 1. The molecule has 1 aromatic rings. The van der Waals surface area contributed by atoms with Crippen LogP contribution < -0.4 is 10.6 Å². The van der Waals surface area contributed by atoms with Crippen LogP contribution in [0.4, 0.5) is 13.2 Å². The summed E-state index contributed by atoms with van der Waals surface area (Å²) in [5.74, 6) is -4.86. The number of nitrogens with one attached hydrogen (secondary N) is 2. The van der Waals surface area contributed by atoms with Crippen LogP contribution >= 0.6 is 0 Å². The molecule has 1 fully saturated rings. The van der Waals surface area contributed by atoms with Gasteiger partial charge in [-0.1, -0.05) is 32.9 Å². The Kier molecular flexibility index (Phi) is 8.25. The molecule has 184 valence electrons. The lowest BCUT2D eigenvalue weighted by atomic mass is 9.98. The highest BCUT2D eigenvalue weighted by atomic mass is 19.4. The van der Waals surface area contributed by atoms with Crippen molar-refractivity contribution in [2.24, 2.45) is 11.8 Å². The van der Waals surface area contributed by atoms with Gasteiger partial charge in [0.25, 0.3) is 11.7 Å². The molecule has 0 aromatic carbocycles. The maximum absolute atomic E-state index is 13.2. The number of carbonyl (C=O) groups excluding carboxylic acids is 4. The van der Waals surface area contributed by atoms with Gasteiger partial charge in [-0.05, 0) is 31.6 Å². The van der Waals surface area contributed by atoms with Crippen molar-refractivity contribution in [3.63, 3.8) is 0 Å². The van der Waals surface area contributed by atoms with E-state index < -0.39 is 53.7 Å². The minimum absolute atomic E-state index is 0.162. The molecule has 3 amide bonds. The molecular weight excluding hydrogens is 445 g/mol. The number of ketones is 1. The van der Waals surface area contributed by atoms with E-state index in [1.165, 1.54) is 24.9 Å². The molecule has 0 spiro atoms. The number of likely N-dealkylation sites (tertiary alicyclic amines) is 1. The molecule has 2 N–H and O–H groups in total. The number of aromatic nitrogens is 1. The van der Waals surface area contributed by atoms with E-state index in [0.29, 0.717) is 6.42 Å². The van der Waals surface area contributed by atoms with Crippen LogP contribution in [0.5, 0.6) is 0 Å². The Morgan fingerprint density at radius 1 is 1.09 bits per heavy atom. The number of amides is 3. The first-order valence-corrected chi connectivity index (χ1v) is 10.7. The van der Waals surface area contributed by atoms with Crippen molar-refractivity contribution in [3.05, 3.63) is 17.5 Å². The number of hydrogen-bond donors (Lipinski definition) is 2. The second-order valence-electron chi connectivity index (χ2n) is 8.77. The van der Waals surface area contributed by atoms with Gasteiger partial charge in [0.15, 0.2) is 0 Å². The fourth-order valence-corrected chi connectivity index (χ4v) is 3.69. The van der Waals surface area contributed by atoms with Gasteiger partial charge in [-0.15, -0.1) is 0 Å². The minimum Gasteiger partial charge on any atom is -0.361 e. The van der Waals surface area contributed by atoms with Crippen molar-refractivity contribution >= 4 is 23.5 Å². The van der Waals surface area contributed by atoms with Crippen molar-refractivity contribution in [2.75, 3.05) is 6.54 Å². The molecule has 12 heteroatoms. The van der Waals surface area contributed by atoms with Crippen LogP contribution in [0.15, 0.2) is 10.7 Å². The summed E-state index contributed by atoms with van der Waals surface area (Å²) >= 11 is 0. The summed E-state index contributed by atoms with van der Waals surface area (Å²) in [7, 11) is 0. The Labute approximate surface area is 189 Å². The molecule has 0 unspecified atom stereocenters. The molecule has 1 aromatic heterocycles. The molecule has 1 aliphatic rings. The first-order chi connectivity index (χ1) is 15.3. The van der Waals surface area contributed by atoms with Gasteiger partial charge in [0.05, 0.1) is 12.2 Å². The summed E-state index contributed by atoms with van der Waals surface area (Å²) in [6.45, 7) is 7.95. The molecule has 33 heavy (non-hydrogen) atoms. The van der Waals surface area contributed by atoms with Gasteiger partial charge in [-0.2, -0.15) is 13.2 Å². The largest absolute Gasteiger partial charge is 0.452 e. The second kappa shape index (κ2) is 10.3. The lowest BCUT2D eigenvalue weighted by molar-refractivity contribution is -0.175. The number of halogens is 3. The summed E-state index contributed by atoms with van der Waals surface area (Å²) in [6.07, 6.45) is -3.19. The fourth-order valence-electron chi connectivity index (χ4n) is 3.69. The van der Waals surface area contributed by atoms with Gasteiger partial charge in [-0.25, -0.2) is 0 Å². The molecule has 2 rings (SSSR count). The van der Waals surface area contributed by atoms with E-state index in [9.17, 15) is 32.3 Å². The zero-order chi connectivity index (χ0) is 25.1. The molecule has 9 nitrogen and oxygen atoms in total. The molecule has 1 aliphatic heterocycles. The van der Waals surface area contributed by atoms with Crippen LogP contribution in [0.1, 0.15) is 56.7 Å². The average Bonchev–Trinajstić information content (AvgIpc) is 3.36. The highest BCUT2D eigenvalue weighted by molar-refractivity contribution is 5.99. The van der Waals surface area contributed by atoms with Crippen LogP contribution in [-0.4, -0.2) is 64.4 Å². The lowest BCUT2D eigenvalue weighted by Crippen LogP contribution is -2.58. The molecule has 1 saturated heterocycles. The molecule has 0 aliphatic carbocycles. The predicted molar refractivity (Wildman–Crippen MR) is 110 cm³/mol. The van der Waals surface area contributed by atoms with E-state index in [4.69, 9.17) is 4.52 Å². The zero-order valence-corrected chi connectivity index (χ0v) is 19.2. The third-order valence-corrected chi connectivity index (χ3v) is 5.58. The van der Waals surface area contributed by atoms with E-state index in [1.54, 1.807) is 20.8 Å². The first kappa shape index (κ1) is 26.3. The van der Waals surface area contributed by atoms with E-state index in [-0.39, 0.29) is 30.2 Å². The van der Waals surface area contributed by atoms with Crippen LogP contribution in [0, 0.1) is 18.8 Å². The molecule has 2 heterocycles. The predicted octanol–water partition coefficient (Wildman–Crippen LogP) is 2.00. The van der Waals surface area contributed by atoms with Crippen LogP contribution in [0.2, 0.25) is 0 Å². The van der Waals surface area contributed by atoms with Gasteiger partial charge in [0, 0.05) is 6.54 Å². The van der Waals surface area contributed by atoms with Crippen LogP contribution in [0.3, 0.4) is 0 Å². The SMILES string of the molecule is Cc1oncc1C(=O)N[C@H](C(=O)N1CCC[C@H]1C(=O)N[C@H](C(=O)C(F)(F)F)C(C)C)C(C)C. The van der Waals surface area contributed by atoms with Crippen molar-refractivity contribution in [3.8, 4) is 0 Å². The number of aryl methyl sites for hydroxylation is 1. The minimum atomic E-state index is -5.10. The maximum atomic E-state index is 13.2. The first-order valence-electron chi connectivity index (χ1n) is 10.7. The third-order valence-electron chi connectivity index (χ3n) is 5.58. The fraction of sp³-hybridized carbons (Fsp3) is 0.667. The topological polar surface area (TPSA) is 122 Å². The van der Waals surface area contributed by atoms with Crippen molar-refractivity contribution in [1.82, 2.24) is 20.7 Å². The number of hydrogen-bond acceptors (Lipinski definition) is 6. The van der Waals surface area contributed by atoms with E-state index in [1.807, 2.05) is 0 Å². The van der Waals surface area contributed by atoms with Crippen LogP contribution in [-0.2, 0) is 14.4 Å². The Balaban J connectivity index is 2.18. The van der Waals surface area contributed by atoms with Gasteiger partial charge < -0.3 is 20.1 Å². The number of alkyl halides is 3. The highest BCUT2D eigenvalue weighted by Crippen LogP contribution is 2.24. The van der Waals surface area contributed by atoms with Crippen molar-refractivity contribution < 1.29 is 36.9 Å². The summed E-state index contributed by atoms with van der Waals surface area (Å²) in [4.78, 5) is 51.6. The van der Waals surface area contributed by atoms with Gasteiger partial charge in [0.2, 0.25) is 11.8 Å². The Morgan fingerprint density at radius 2 is 1.70 bits per heavy atom. The van der Waals surface area contributed by atoms with Gasteiger partial charge in [0.1, 0.15) is 23.4 Å². The highest BCUT2D eigenvalue weighted by Gasteiger charge is 2.46. The Bertz CT molecular complexity index is 897. The second-order valence-corrected chi connectivity index (χ2v) is 8.77. The molecule has 0 radical (unpaired) electrons. The van der Waals surface area contributed by atoms with E-state index >= 15 is 0 Å². The smallest absolute Gasteiger partial charge is 0.361 e. The Morgan fingerprint density at radius 3 is 2.18 bits per heavy atom. The number of rotatable bonds is 8. The molecule has 0 saturated carbocycles. The average molecular weight is 474 g/mol. The van der Waals surface area contributed by atoms with Crippen molar-refractivity contribution in [2.45, 2.75) is 71.8 Å². The molecule has 3 atom stereocenters. The van der Waals surface area contributed by atoms with Crippen molar-refractivity contribution in [1.29, 1.82) is 0 Å². The molecule has 0 bridgehead atoms. The normalized spacial score (nSPS) is 18.4. The maximum Gasteiger partial charge on any atom is 0.452 e. The van der Waals surface area contributed by atoms with E-state index in [0.717, 1.165) is 0 Å². The molecular formula is C21H29F3N4O5. The number of carbonyl (C=O) groups is 4. The Hall–Kier alpha value is -2.92. The van der Waals surface area contributed by atoms with Gasteiger partial charge in [-0.3, -0.25) is 19.2 Å².